The first kappa shape index (κ1) is 12.5. The van der Waals surface area contributed by atoms with E-state index >= 15 is 0 Å². The van der Waals surface area contributed by atoms with Crippen LogP contribution >= 0.6 is 0 Å². The molecule has 17 heavy (non-hydrogen) atoms. The van der Waals surface area contributed by atoms with Crippen LogP contribution in [0.25, 0.3) is 0 Å². The fraction of sp³-hybridized carbons (Fsp3) is 0.750. The number of rotatable bonds is 3. The highest BCUT2D eigenvalue weighted by Gasteiger charge is 2.43. The number of ether oxygens (including phenoxy) is 4. The van der Waals surface area contributed by atoms with Gasteiger partial charge < -0.3 is 18.9 Å². The number of carbonyl (C=O) groups is 1. The molecule has 0 aliphatic carbocycles. The molecule has 0 bridgehead atoms. The Morgan fingerprint density at radius 2 is 2.29 bits per heavy atom. The first-order valence-corrected chi connectivity index (χ1v) is 5.99. The van der Waals surface area contributed by atoms with Crippen LogP contribution in [0.1, 0.15) is 25.7 Å². The topological polar surface area (TPSA) is 54.0 Å². The minimum absolute atomic E-state index is 0.177. The molecule has 2 fully saturated rings. The smallest absolute Gasteiger partial charge is 0.330 e. The van der Waals surface area contributed by atoms with Crippen LogP contribution in [-0.2, 0) is 23.7 Å². The lowest BCUT2D eigenvalue weighted by molar-refractivity contribution is -0.337. The Morgan fingerprint density at radius 1 is 1.41 bits per heavy atom. The molecule has 2 aliphatic heterocycles. The third-order valence-electron chi connectivity index (χ3n) is 2.86. The molecular formula is C12H18O5. The lowest BCUT2D eigenvalue weighted by Gasteiger charge is -2.25. The first-order chi connectivity index (χ1) is 8.24. The van der Waals surface area contributed by atoms with Crippen LogP contribution in [0, 0.1) is 0 Å². The van der Waals surface area contributed by atoms with E-state index in [0.717, 1.165) is 31.8 Å². The summed E-state index contributed by atoms with van der Waals surface area (Å²) in [6.07, 6.45) is 4.80. The van der Waals surface area contributed by atoms with Crippen molar-refractivity contribution in [3.05, 3.63) is 12.7 Å². The quantitative estimate of drug-likeness (QED) is 0.552. The Morgan fingerprint density at radius 3 is 3.12 bits per heavy atom. The van der Waals surface area contributed by atoms with Gasteiger partial charge in [0.15, 0.2) is 0 Å². The van der Waals surface area contributed by atoms with Gasteiger partial charge in [-0.05, 0) is 12.8 Å². The number of esters is 1. The minimum atomic E-state index is -0.901. The lowest BCUT2D eigenvalue weighted by Crippen LogP contribution is -2.34. The number of carbonyl (C=O) groups excluding carboxylic acids is 1. The molecule has 0 amide bonds. The van der Waals surface area contributed by atoms with Gasteiger partial charge in [0.1, 0.15) is 12.7 Å². The Bertz CT molecular complexity index is 281. The van der Waals surface area contributed by atoms with E-state index in [1.165, 1.54) is 0 Å². The molecule has 5 nitrogen and oxygen atoms in total. The largest absolute Gasteiger partial charge is 0.460 e. The molecule has 2 rings (SSSR count). The van der Waals surface area contributed by atoms with E-state index in [0.29, 0.717) is 13.2 Å². The van der Waals surface area contributed by atoms with Crippen molar-refractivity contribution >= 4 is 5.97 Å². The van der Waals surface area contributed by atoms with Gasteiger partial charge in [0.05, 0.1) is 13.2 Å². The fourth-order valence-corrected chi connectivity index (χ4v) is 1.98. The van der Waals surface area contributed by atoms with Crippen LogP contribution in [0.15, 0.2) is 12.7 Å². The van der Waals surface area contributed by atoms with Gasteiger partial charge in [0.25, 0.3) is 5.97 Å². The van der Waals surface area contributed by atoms with Crippen molar-refractivity contribution in [1.82, 2.24) is 0 Å². The molecule has 2 unspecified atom stereocenters. The highest BCUT2D eigenvalue weighted by Crippen LogP contribution is 2.33. The van der Waals surface area contributed by atoms with Crippen molar-refractivity contribution in [3.63, 3.8) is 0 Å². The standard InChI is InChI=1S/C12H18O5/c1-2-11(13)14-8-10-9-16-12(17-10)6-4-3-5-7-15-12/h2,10H,1,3-9H2. The molecule has 0 aromatic heterocycles. The van der Waals surface area contributed by atoms with E-state index in [1.807, 2.05) is 0 Å². The van der Waals surface area contributed by atoms with Crippen molar-refractivity contribution in [1.29, 1.82) is 0 Å². The van der Waals surface area contributed by atoms with E-state index in [1.54, 1.807) is 0 Å². The minimum Gasteiger partial charge on any atom is -0.460 e. The molecule has 0 N–H and O–H groups in total. The molecule has 2 saturated heterocycles. The van der Waals surface area contributed by atoms with E-state index in [-0.39, 0.29) is 12.7 Å². The predicted octanol–water partition coefficient (Wildman–Crippen LogP) is 1.38. The van der Waals surface area contributed by atoms with Gasteiger partial charge in [-0.1, -0.05) is 13.0 Å². The maximum absolute atomic E-state index is 10.9. The second kappa shape index (κ2) is 5.62. The maximum atomic E-state index is 10.9. The monoisotopic (exact) mass is 242 g/mol. The van der Waals surface area contributed by atoms with Crippen LogP contribution in [0.2, 0.25) is 0 Å². The van der Waals surface area contributed by atoms with Crippen LogP contribution in [0.4, 0.5) is 0 Å². The molecule has 0 aromatic carbocycles. The summed E-state index contributed by atoms with van der Waals surface area (Å²) in [6.45, 7) is 4.55. The van der Waals surface area contributed by atoms with Gasteiger partial charge in [-0.3, -0.25) is 0 Å². The zero-order valence-corrected chi connectivity index (χ0v) is 9.85. The summed E-state index contributed by atoms with van der Waals surface area (Å²) in [6, 6.07) is 0. The van der Waals surface area contributed by atoms with E-state index in [9.17, 15) is 4.79 Å². The Kier molecular flexibility index (Phi) is 4.15. The average molecular weight is 242 g/mol. The molecular weight excluding hydrogens is 224 g/mol. The molecule has 0 radical (unpaired) electrons. The van der Waals surface area contributed by atoms with Gasteiger partial charge >= 0.3 is 5.97 Å². The molecule has 0 aromatic rings. The maximum Gasteiger partial charge on any atom is 0.330 e. The van der Waals surface area contributed by atoms with Crippen LogP contribution in [0.3, 0.4) is 0 Å². The highest BCUT2D eigenvalue weighted by atomic mass is 16.9. The second-order valence-corrected chi connectivity index (χ2v) is 4.23. The van der Waals surface area contributed by atoms with Crippen LogP contribution in [-0.4, -0.2) is 37.9 Å². The third kappa shape index (κ3) is 3.28. The Hall–Kier alpha value is -0.910. The van der Waals surface area contributed by atoms with Crippen molar-refractivity contribution in [3.8, 4) is 0 Å². The van der Waals surface area contributed by atoms with Crippen molar-refractivity contribution in [2.45, 2.75) is 37.8 Å². The first-order valence-electron chi connectivity index (χ1n) is 5.99. The number of hydrogen-bond acceptors (Lipinski definition) is 5. The summed E-state index contributed by atoms with van der Waals surface area (Å²) >= 11 is 0. The van der Waals surface area contributed by atoms with Gasteiger partial charge in [-0.2, -0.15) is 0 Å². The zero-order valence-electron chi connectivity index (χ0n) is 9.85. The summed E-state index contributed by atoms with van der Waals surface area (Å²) in [7, 11) is 0. The van der Waals surface area contributed by atoms with Gasteiger partial charge in [-0.25, -0.2) is 4.79 Å². The molecule has 2 heterocycles. The third-order valence-corrected chi connectivity index (χ3v) is 2.86. The van der Waals surface area contributed by atoms with Gasteiger partial charge in [0.2, 0.25) is 0 Å². The van der Waals surface area contributed by atoms with Crippen molar-refractivity contribution in [2.24, 2.45) is 0 Å². The normalized spacial score (nSPS) is 33.3. The molecule has 96 valence electrons. The van der Waals surface area contributed by atoms with Crippen molar-refractivity contribution < 1.29 is 23.7 Å². The van der Waals surface area contributed by atoms with Crippen LogP contribution in [0.5, 0.6) is 0 Å². The zero-order chi connectivity index (χ0) is 12.1. The molecule has 2 atom stereocenters. The van der Waals surface area contributed by atoms with E-state index in [4.69, 9.17) is 18.9 Å². The summed E-state index contributed by atoms with van der Waals surface area (Å²) in [5.74, 6) is -1.35. The van der Waals surface area contributed by atoms with E-state index in [2.05, 4.69) is 6.58 Å². The SMILES string of the molecule is C=CC(=O)OCC1COC2(CCCCCO2)O1. The summed E-state index contributed by atoms with van der Waals surface area (Å²) in [5, 5.41) is 0. The average Bonchev–Trinajstić information content (AvgIpc) is 2.59. The molecule has 2 aliphatic rings. The lowest BCUT2D eigenvalue weighted by atomic mass is 10.2. The Labute approximate surface area is 101 Å². The van der Waals surface area contributed by atoms with Gasteiger partial charge in [0, 0.05) is 12.5 Å². The molecule has 1 spiro atoms. The molecule has 0 saturated carbocycles. The summed E-state index contributed by atoms with van der Waals surface area (Å²) < 4.78 is 21.8. The van der Waals surface area contributed by atoms with Crippen LogP contribution < -0.4 is 0 Å². The van der Waals surface area contributed by atoms with E-state index < -0.39 is 11.9 Å². The number of hydrogen-bond donors (Lipinski definition) is 0. The molecule has 5 heteroatoms. The second-order valence-electron chi connectivity index (χ2n) is 4.23. The van der Waals surface area contributed by atoms with Gasteiger partial charge in [-0.15, -0.1) is 0 Å². The summed E-state index contributed by atoms with van der Waals surface area (Å²) in [5.41, 5.74) is 0. The Balaban J connectivity index is 1.81. The fourth-order valence-electron chi connectivity index (χ4n) is 1.98. The highest BCUT2D eigenvalue weighted by molar-refractivity contribution is 5.81. The summed E-state index contributed by atoms with van der Waals surface area (Å²) in [4.78, 5) is 10.9. The van der Waals surface area contributed by atoms with Crippen molar-refractivity contribution in [2.75, 3.05) is 19.8 Å². The predicted molar refractivity (Wildman–Crippen MR) is 59.1 cm³/mol.